The Morgan fingerprint density at radius 1 is 0.897 bits per heavy atom. The highest BCUT2D eigenvalue weighted by Crippen LogP contribution is 2.23. The Morgan fingerprint density at radius 3 is 2.24 bits per heavy atom. The van der Waals surface area contributed by atoms with Crippen LogP contribution >= 0.6 is 11.6 Å². The van der Waals surface area contributed by atoms with E-state index in [9.17, 15) is 12.8 Å². The predicted molar refractivity (Wildman–Crippen MR) is 110 cm³/mol. The van der Waals surface area contributed by atoms with Gasteiger partial charge in [0, 0.05) is 36.8 Å². The molecule has 2 heterocycles. The van der Waals surface area contributed by atoms with E-state index in [1.54, 1.807) is 12.1 Å². The van der Waals surface area contributed by atoms with Crippen LogP contribution in [0.4, 0.5) is 10.2 Å². The average molecular weight is 433 g/mol. The van der Waals surface area contributed by atoms with Crippen LogP contribution in [0, 0.1) is 5.82 Å². The van der Waals surface area contributed by atoms with Crippen molar-refractivity contribution < 1.29 is 12.8 Å². The van der Waals surface area contributed by atoms with Crippen LogP contribution in [0.1, 0.15) is 0 Å². The Labute approximate surface area is 173 Å². The van der Waals surface area contributed by atoms with E-state index in [4.69, 9.17) is 11.6 Å². The summed E-state index contributed by atoms with van der Waals surface area (Å²) < 4.78 is 40.2. The number of sulfonamides is 1. The van der Waals surface area contributed by atoms with Crippen molar-refractivity contribution in [1.29, 1.82) is 0 Å². The SMILES string of the molecule is O=S(=O)(c1cccc(F)c1)N1CCN(c2ccc(-c3ccc(Cl)cc3)nn2)CC1. The topological polar surface area (TPSA) is 66.4 Å². The summed E-state index contributed by atoms with van der Waals surface area (Å²) in [6.07, 6.45) is 0. The maximum absolute atomic E-state index is 13.4. The van der Waals surface area contributed by atoms with Crippen molar-refractivity contribution in [3.63, 3.8) is 0 Å². The molecule has 1 aliphatic rings. The summed E-state index contributed by atoms with van der Waals surface area (Å²) in [5.74, 6) is 0.117. The molecule has 0 bridgehead atoms. The van der Waals surface area contributed by atoms with Gasteiger partial charge in [-0.1, -0.05) is 29.8 Å². The van der Waals surface area contributed by atoms with E-state index < -0.39 is 15.8 Å². The summed E-state index contributed by atoms with van der Waals surface area (Å²) in [5, 5.41) is 9.21. The Kier molecular flexibility index (Phi) is 5.49. The van der Waals surface area contributed by atoms with Crippen molar-refractivity contribution in [2.24, 2.45) is 0 Å². The van der Waals surface area contributed by atoms with Gasteiger partial charge in [-0.25, -0.2) is 12.8 Å². The largest absolute Gasteiger partial charge is 0.352 e. The van der Waals surface area contributed by atoms with Gasteiger partial charge in [0.25, 0.3) is 0 Å². The Hall–Kier alpha value is -2.55. The van der Waals surface area contributed by atoms with E-state index in [2.05, 4.69) is 10.2 Å². The number of hydrogen-bond donors (Lipinski definition) is 0. The monoisotopic (exact) mass is 432 g/mol. The van der Waals surface area contributed by atoms with Crippen LogP contribution in [0.15, 0.2) is 65.6 Å². The van der Waals surface area contributed by atoms with Gasteiger partial charge in [-0.3, -0.25) is 0 Å². The lowest BCUT2D eigenvalue weighted by Crippen LogP contribution is -2.49. The quantitative estimate of drug-likeness (QED) is 0.631. The lowest BCUT2D eigenvalue weighted by molar-refractivity contribution is 0.383. The number of aromatic nitrogens is 2. The zero-order valence-electron chi connectivity index (χ0n) is 15.4. The van der Waals surface area contributed by atoms with Gasteiger partial charge in [-0.2, -0.15) is 4.31 Å². The summed E-state index contributed by atoms with van der Waals surface area (Å²) in [5.41, 5.74) is 1.65. The molecule has 29 heavy (non-hydrogen) atoms. The lowest BCUT2D eigenvalue weighted by Gasteiger charge is -2.34. The fourth-order valence-electron chi connectivity index (χ4n) is 3.20. The van der Waals surface area contributed by atoms with Crippen molar-refractivity contribution in [3.8, 4) is 11.3 Å². The minimum absolute atomic E-state index is 0.0296. The first kappa shape index (κ1) is 19.8. The molecule has 1 aliphatic heterocycles. The highest BCUT2D eigenvalue weighted by Gasteiger charge is 2.29. The van der Waals surface area contributed by atoms with Gasteiger partial charge in [-0.15, -0.1) is 10.2 Å². The molecule has 0 aliphatic carbocycles. The summed E-state index contributed by atoms with van der Waals surface area (Å²) in [4.78, 5) is 1.95. The van der Waals surface area contributed by atoms with Crippen LogP contribution in [-0.4, -0.2) is 49.1 Å². The normalized spacial score (nSPS) is 15.4. The fourth-order valence-corrected chi connectivity index (χ4v) is 4.78. The Balaban J connectivity index is 1.43. The standard InChI is InChI=1S/C20H18ClFN4O2S/c21-16-6-4-15(5-7-16)19-8-9-20(24-23-19)25-10-12-26(13-11-25)29(27,28)18-3-1-2-17(22)14-18/h1-9,14H,10-13H2. The van der Waals surface area contributed by atoms with Crippen LogP contribution in [0.5, 0.6) is 0 Å². The molecule has 0 N–H and O–H groups in total. The third-order valence-corrected chi connectivity index (χ3v) is 6.93. The van der Waals surface area contributed by atoms with E-state index in [-0.39, 0.29) is 4.90 Å². The molecule has 1 fully saturated rings. The zero-order chi connectivity index (χ0) is 20.4. The molecule has 0 saturated carbocycles. The second kappa shape index (κ2) is 8.06. The summed E-state index contributed by atoms with van der Waals surface area (Å²) in [7, 11) is -3.72. The van der Waals surface area contributed by atoms with Gasteiger partial charge >= 0.3 is 0 Å². The third kappa shape index (κ3) is 4.24. The highest BCUT2D eigenvalue weighted by atomic mass is 35.5. The van der Waals surface area contributed by atoms with Gasteiger partial charge in [0.05, 0.1) is 10.6 Å². The molecule has 9 heteroatoms. The van der Waals surface area contributed by atoms with Crippen molar-refractivity contribution in [2.75, 3.05) is 31.1 Å². The van der Waals surface area contributed by atoms with Crippen molar-refractivity contribution in [3.05, 3.63) is 71.5 Å². The molecule has 1 saturated heterocycles. The number of benzene rings is 2. The number of anilines is 1. The molecule has 0 amide bonds. The molecule has 150 valence electrons. The summed E-state index contributed by atoms with van der Waals surface area (Å²) >= 11 is 5.91. The Morgan fingerprint density at radius 2 is 1.62 bits per heavy atom. The van der Waals surface area contributed by atoms with Crippen LogP contribution in [0.3, 0.4) is 0 Å². The minimum atomic E-state index is -3.72. The summed E-state index contributed by atoms with van der Waals surface area (Å²) in [6, 6.07) is 16.2. The van der Waals surface area contributed by atoms with E-state index in [1.165, 1.54) is 22.5 Å². The first-order valence-corrected chi connectivity index (χ1v) is 10.9. The molecule has 1 aromatic heterocycles. The molecular formula is C20H18ClFN4O2S. The molecule has 2 aromatic carbocycles. The smallest absolute Gasteiger partial charge is 0.243 e. The number of hydrogen-bond acceptors (Lipinski definition) is 5. The molecule has 0 atom stereocenters. The highest BCUT2D eigenvalue weighted by molar-refractivity contribution is 7.89. The van der Waals surface area contributed by atoms with Crippen LogP contribution in [0.2, 0.25) is 5.02 Å². The van der Waals surface area contributed by atoms with E-state index >= 15 is 0 Å². The van der Waals surface area contributed by atoms with E-state index in [0.29, 0.717) is 37.0 Å². The zero-order valence-corrected chi connectivity index (χ0v) is 16.9. The van der Waals surface area contributed by atoms with E-state index in [0.717, 1.165) is 17.3 Å². The lowest BCUT2D eigenvalue weighted by atomic mass is 10.1. The van der Waals surface area contributed by atoms with Gasteiger partial charge in [-0.05, 0) is 42.5 Å². The molecule has 3 aromatic rings. The number of nitrogens with zero attached hydrogens (tertiary/aromatic N) is 4. The van der Waals surface area contributed by atoms with Crippen LogP contribution in [0.25, 0.3) is 11.3 Å². The second-order valence-corrected chi connectivity index (χ2v) is 9.01. The van der Waals surface area contributed by atoms with Crippen molar-refractivity contribution in [1.82, 2.24) is 14.5 Å². The fraction of sp³-hybridized carbons (Fsp3) is 0.200. The molecular weight excluding hydrogens is 415 g/mol. The minimum Gasteiger partial charge on any atom is -0.352 e. The molecule has 6 nitrogen and oxygen atoms in total. The van der Waals surface area contributed by atoms with Gasteiger partial charge in [0.2, 0.25) is 10.0 Å². The van der Waals surface area contributed by atoms with Gasteiger partial charge < -0.3 is 4.90 Å². The van der Waals surface area contributed by atoms with E-state index in [1.807, 2.05) is 29.2 Å². The average Bonchev–Trinajstić information content (AvgIpc) is 2.74. The third-order valence-electron chi connectivity index (χ3n) is 4.79. The van der Waals surface area contributed by atoms with Crippen LogP contribution in [-0.2, 0) is 10.0 Å². The molecule has 4 rings (SSSR count). The van der Waals surface area contributed by atoms with Crippen molar-refractivity contribution >= 4 is 27.4 Å². The molecule has 0 unspecified atom stereocenters. The van der Waals surface area contributed by atoms with Gasteiger partial charge in [0.15, 0.2) is 5.82 Å². The number of rotatable bonds is 4. The molecule has 0 radical (unpaired) electrons. The van der Waals surface area contributed by atoms with Crippen molar-refractivity contribution in [2.45, 2.75) is 4.90 Å². The maximum Gasteiger partial charge on any atom is 0.243 e. The second-order valence-electron chi connectivity index (χ2n) is 6.63. The number of halogens is 2. The van der Waals surface area contributed by atoms with Gasteiger partial charge in [0.1, 0.15) is 5.82 Å². The first-order chi connectivity index (χ1) is 13.9. The summed E-state index contributed by atoms with van der Waals surface area (Å²) in [6.45, 7) is 1.53. The predicted octanol–water partition coefficient (Wildman–Crippen LogP) is 3.45. The first-order valence-electron chi connectivity index (χ1n) is 9.04. The number of piperazine rings is 1. The van der Waals surface area contributed by atoms with Crippen LogP contribution < -0.4 is 4.90 Å². The Bertz CT molecular complexity index is 1100. The molecule has 0 spiro atoms. The maximum atomic E-state index is 13.4.